The van der Waals surface area contributed by atoms with Crippen LogP contribution in [-0.2, 0) is 19.8 Å². The topological polar surface area (TPSA) is 75.7 Å². The largest absolute Gasteiger partial charge is 0.457 e. The molecule has 3 fully saturated rings. The van der Waals surface area contributed by atoms with Gasteiger partial charge in [0, 0.05) is 5.69 Å². The van der Waals surface area contributed by atoms with E-state index >= 15 is 0 Å². The second-order valence-electron chi connectivity index (χ2n) is 11.4. The number of allylic oxidation sites excluding steroid dienone is 2. The quantitative estimate of drug-likeness (QED) is 0.505. The van der Waals surface area contributed by atoms with Gasteiger partial charge < -0.3 is 10.1 Å². The molecule has 180 valence electrons. The average molecular weight is 471 g/mol. The minimum atomic E-state index is -0.373. The Hall–Kier alpha value is -3.41. The molecule has 7 rings (SSSR count). The summed E-state index contributed by atoms with van der Waals surface area (Å²) in [6, 6.07) is 15.1. The van der Waals surface area contributed by atoms with Crippen molar-refractivity contribution < 1.29 is 19.1 Å². The van der Waals surface area contributed by atoms with Crippen molar-refractivity contribution in [3.05, 3.63) is 66.2 Å². The van der Waals surface area contributed by atoms with Crippen LogP contribution in [0.4, 0.5) is 5.69 Å². The summed E-state index contributed by atoms with van der Waals surface area (Å²) in [6.45, 7) is 6.27. The zero-order chi connectivity index (χ0) is 24.5. The normalized spacial score (nSPS) is 30.2. The molecule has 0 spiro atoms. The first kappa shape index (κ1) is 22.1. The van der Waals surface area contributed by atoms with Gasteiger partial charge in [-0.3, -0.25) is 19.3 Å². The summed E-state index contributed by atoms with van der Waals surface area (Å²) in [7, 11) is 0. The zero-order valence-corrected chi connectivity index (χ0v) is 20.2. The van der Waals surface area contributed by atoms with Crippen molar-refractivity contribution in [3.8, 4) is 11.5 Å². The van der Waals surface area contributed by atoms with Crippen molar-refractivity contribution >= 4 is 23.4 Å². The fourth-order valence-corrected chi connectivity index (χ4v) is 6.28. The van der Waals surface area contributed by atoms with Crippen LogP contribution in [0.3, 0.4) is 0 Å². The molecule has 6 nitrogen and oxygen atoms in total. The van der Waals surface area contributed by atoms with E-state index in [9.17, 15) is 14.4 Å². The van der Waals surface area contributed by atoms with E-state index in [-0.39, 0.29) is 53.4 Å². The zero-order valence-electron chi connectivity index (χ0n) is 20.2. The van der Waals surface area contributed by atoms with Gasteiger partial charge in [-0.25, -0.2) is 0 Å². The highest BCUT2D eigenvalue weighted by Crippen LogP contribution is 2.65. The fraction of sp³-hybridized carbons (Fsp3) is 0.414. The molecule has 1 heterocycles. The second-order valence-corrected chi connectivity index (χ2v) is 11.4. The van der Waals surface area contributed by atoms with Gasteiger partial charge in [0.05, 0.1) is 11.8 Å². The second kappa shape index (κ2) is 7.80. The minimum Gasteiger partial charge on any atom is -0.457 e. The van der Waals surface area contributed by atoms with Crippen LogP contribution >= 0.6 is 0 Å². The number of carbonyl (C=O) groups is 3. The van der Waals surface area contributed by atoms with Gasteiger partial charge in [0.25, 0.3) is 0 Å². The number of hydrogen-bond donors (Lipinski definition) is 1. The molecule has 1 N–H and O–H groups in total. The molecule has 0 radical (unpaired) electrons. The van der Waals surface area contributed by atoms with Crippen LogP contribution in [0.2, 0.25) is 0 Å². The van der Waals surface area contributed by atoms with E-state index in [1.807, 2.05) is 12.1 Å². The summed E-state index contributed by atoms with van der Waals surface area (Å²) in [5, 5.41) is 2.81. The Labute approximate surface area is 205 Å². The molecule has 35 heavy (non-hydrogen) atoms. The number of hydrogen-bond acceptors (Lipinski definition) is 4. The first-order chi connectivity index (χ1) is 16.7. The van der Waals surface area contributed by atoms with Crippen LogP contribution in [0.25, 0.3) is 0 Å². The molecule has 6 unspecified atom stereocenters. The fourth-order valence-electron chi connectivity index (χ4n) is 6.28. The lowest BCUT2D eigenvalue weighted by Gasteiger charge is -2.37. The molecule has 4 aliphatic carbocycles. The van der Waals surface area contributed by atoms with Crippen LogP contribution in [0.5, 0.6) is 11.5 Å². The predicted molar refractivity (Wildman–Crippen MR) is 132 cm³/mol. The molecular weight excluding hydrogens is 440 g/mol. The molecule has 2 bridgehead atoms. The number of nitrogens with one attached hydrogen (secondary N) is 1. The van der Waals surface area contributed by atoms with Gasteiger partial charge in [-0.2, -0.15) is 0 Å². The SMILES string of the molecule is CC(C)(C)c1ccc(Oc2ccc(NC(=O)CN3C(=O)C4C5C=CC(C6CC56)C4C3=O)cc2)cc1. The lowest BCUT2D eigenvalue weighted by molar-refractivity contribution is -0.142. The molecule has 1 saturated heterocycles. The number of carbonyl (C=O) groups excluding carboxylic acids is 3. The van der Waals surface area contributed by atoms with Crippen molar-refractivity contribution in [2.24, 2.45) is 35.5 Å². The molecule has 2 aromatic rings. The molecule has 6 heteroatoms. The maximum absolute atomic E-state index is 13.1. The van der Waals surface area contributed by atoms with E-state index in [4.69, 9.17) is 4.74 Å². The molecule has 1 aliphatic heterocycles. The highest BCUT2D eigenvalue weighted by Gasteiger charge is 2.67. The van der Waals surface area contributed by atoms with Gasteiger partial charge in [-0.15, -0.1) is 0 Å². The van der Waals surface area contributed by atoms with Crippen LogP contribution in [0.15, 0.2) is 60.7 Å². The summed E-state index contributed by atoms with van der Waals surface area (Å²) in [4.78, 5) is 40.0. The summed E-state index contributed by atoms with van der Waals surface area (Å²) in [6.07, 6.45) is 5.40. The first-order valence-corrected chi connectivity index (χ1v) is 12.4. The van der Waals surface area contributed by atoms with Crippen molar-refractivity contribution in [2.75, 3.05) is 11.9 Å². The molecule has 6 atom stereocenters. The Kier molecular flexibility index (Phi) is 4.92. The minimum absolute atomic E-state index is 0.0809. The summed E-state index contributed by atoms with van der Waals surface area (Å²) in [5.41, 5.74) is 1.90. The smallest absolute Gasteiger partial charge is 0.244 e. The number of anilines is 1. The molecular formula is C29H30N2O4. The third-order valence-electron chi connectivity index (χ3n) is 8.15. The Morgan fingerprint density at radius 2 is 1.40 bits per heavy atom. The highest BCUT2D eigenvalue weighted by molar-refractivity contribution is 6.09. The van der Waals surface area contributed by atoms with Gasteiger partial charge in [-0.05, 0) is 77.5 Å². The molecule has 0 aromatic heterocycles. The Bertz CT molecular complexity index is 1190. The van der Waals surface area contributed by atoms with E-state index in [2.05, 4.69) is 50.4 Å². The third kappa shape index (κ3) is 3.76. The lowest BCUT2D eigenvalue weighted by atomic mass is 9.63. The monoisotopic (exact) mass is 470 g/mol. The summed E-state index contributed by atoms with van der Waals surface area (Å²) >= 11 is 0. The number of ether oxygens (including phenoxy) is 1. The Morgan fingerprint density at radius 3 is 1.91 bits per heavy atom. The molecule has 5 aliphatic rings. The number of likely N-dealkylation sites (tertiary alicyclic amines) is 1. The van der Waals surface area contributed by atoms with Crippen LogP contribution in [0.1, 0.15) is 32.8 Å². The predicted octanol–water partition coefficient (Wildman–Crippen LogP) is 4.77. The maximum Gasteiger partial charge on any atom is 0.244 e. The third-order valence-corrected chi connectivity index (χ3v) is 8.15. The van der Waals surface area contributed by atoms with Crippen molar-refractivity contribution in [2.45, 2.75) is 32.6 Å². The number of rotatable bonds is 5. The first-order valence-electron chi connectivity index (χ1n) is 12.4. The van der Waals surface area contributed by atoms with E-state index in [1.54, 1.807) is 24.3 Å². The van der Waals surface area contributed by atoms with Crippen LogP contribution in [0, 0.1) is 35.5 Å². The molecule has 2 saturated carbocycles. The number of imide groups is 1. The van der Waals surface area contributed by atoms with Gasteiger partial charge in [0.15, 0.2) is 0 Å². The maximum atomic E-state index is 13.1. The molecule has 3 amide bonds. The van der Waals surface area contributed by atoms with E-state index in [1.165, 1.54) is 10.5 Å². The Balaban J connectivity index is 1.07. The lowest BCUT2D eigenvalue weighted by Crippen LogP contribution is -2.40. The van der Waals surface area contributed by atoms with Crippen LogP contribution < -0.4 is 10.1 Å². The molecule has 2 aromatic carbocycles. The van der Waals surface area contributed by atoms with Crippen molar-refractivity contribution in [3.63, 3.8) is 0 Å². The van der Waals surface area contributed by atoms with Gasteiger partial charge >= 0.3 is 0 Å². The van der Waals surface area contributed by atoms with Gasteiger partial charge in [0.2, 0.25) is 17.7 Å². The summed E-state index contributed by atoms with van der Waals surface area (Å²) in [5.74, 6) is 1.54. The van der Waals surface area contributed by atoms with E-state index in [0.717, 1.165) is 12.2 Å². The van der Waals surface area contributed by atoms with Crippen molar-refractivity contribution in [1.29, 1.82) is 0 Å². The van der Waals surface area contributed by atoms with Gasteiger partial charge in [-0.1, -0.05) is 45.1 Å². The Morgan fingerprint density at radius 1 is 0.886 bits per heavy atom. The standard InChI is InChI=1S/C29H30N2O4/c1-29(2,3)16-4-8-18(9-5-16)35-19-10-6-17(7-11-19)30-24(32)15-31-27(33)25-20-12-13-21(23-14-22(20)23)26(25)28(31)34/h4-13,20-23,25-26H,14-15H2,1-3H3,(H,30,32). The van der Waals surface area contributed by atoms with Crippen molar-refractivity contribution in [1.82, 2.24) is 4.90 Å². The number of amides is 3. The van der Waals surface area contributed by atoms with Crippen LogP contribution in [-0.4, -0.2) is 29.2 Å². The van der Waals surface area contributed by atoms with E-state index in [0.29, 0.717) is 23.3 Å². The number of benzene rings is 2. The van der Waals surface area contributed by atoms with E-state index < -0.39 is 0 Å². The average Bonchev–Trinajstić information content (AvgIpc) is 3.61. The number of nitrogens with zero attached hydrogens (tertiary/aromatic N) is 1. The summed E-state index contributed by atoms with van der Waals surface area (Å²) < 4.78 is 5.92. The van der Waals surface area contributed by atoms with Gasteiger partial charge in [0.1, 0.15) is 18.0 Å². The highest BCUT2D eigenvalue weighted by atomic mass is 16.5.